The smallest absolute Gasteiger partial charge is 0.186 e. The Morgan fingerprint density at radius 2 is 1.95 bits per heavy atom. The molecule has 5 unspecified atom stereocenters. The summed E-state index contributed by atoms with van der Waals surface area (Å²) in [5.74, 6) is -1.21. The van der Waals surface area contributed by atoms with Crippen LogP contribution in [-0.2, 0) is 23.7 Å². The van der Waals surface area contributed by atoms with E-state index in [1.54, 1.807) is 0 Å². The quantitative estimate of drug-likeness (QED) is 0.482. The van der Waals surface area contributed by atoms with Crippen molar-refractivity contribution < 1.29 is 39.1 Å². The molecule has 1 aliphatic heterocycles. The Balaban J connectivity index is 2.51. The molecule has 19 heavy (non-hydrogen) atoms. The Morgan fingerprint density at radius 3 is 2.47 bits per heavy atom. The maximum absolute atomic E-state index is 10.2. The number of aliphatic hydroxyl groups is 2. The van der Waals surface area contributed by atoms with E-state index in [4.69, 9.17) is 18.9 Å². The van der Waals surface area contributed by atoms with Gasteiger partial charge in [-0.05, 0) is 0 Å². The van der Waals surface area contributed by atoms with Gasteiger partial charge in [-0.25, -0.2) is 0 Å². The summed E-state index contributed by atoms with van der Waals surface area (Å²) in [7, 11) is 2.70. The lowest BCUT2D eigenvalue weighted by Crippen LogP contribution is -2.59. The van der Waals surface area contributed by atoms with Gasteiger partial charge in [-0.1, -0.05) is 0 Å². The van der Waals surface area contributed by atoms with Gasteiger partial charge in [-0.2, -0.15) is 0 Å². The van der Waals surface area contributed by atoms with Gasteiger partial charge in [0.15, 0.2) is 6.29 Å². The molecule has 2 N–H and O–H groups in total. The summed E-state index contributed by atoms with van der Waals surface area (Å²) >= 11 is 0. The predicted octanol–water partition coefficient (Wildman–Crippen LogP) is -2.75. The lowest BCUT2D eigenvalue weighted by atomic mass is 9.99. The molecule has 0 aromatic carbocycles. The van der Waals surface area contributed by atoms with Crippen molar-refractivity contribution in [1.82, 2.24) is 0 Å². The first-order chi connectivity index (χ1) is 9.01. The predicted molar refractivity (Wildman–Crippen MR) is 58.9 cm³/mol. The molecule has 0 spiro atoms. The molecule has 0 radical (unpaired) electrons. The third-order valence-electron chi connectivity index (χ3n) is 2.88. The number of aliphatic hydroxyl groups excluding tert-OH is 2. The molecule has 5 atom stereocenters. The summed E-state index contributed by atoms with van der Waals surface area (Å²) in [5, 5.41) is 29.8. The molecular weight excluding hydrogens is 260 g/mol. The van der Waals surface area contributed by atoms with Crippen LogP contribution in [0, 0.1) is 0 Å². The Labute approximate surface area is 110 Å². The van der Waals surface area contributed by atoms with E-state index in [0.29, 0.717) is 0 Å². The number of ether oxygens (including phenoxy) is 4. The van der Waals surface area contributed by atoms with Gasteiger partial charge >= 0.3 is 0 Å². The van der Waals surface area contributed by atoms with Gasteiger partial charge in [0.1, 0.15) is 24.4 Å². The average Bonchev–Trinajstić information content (AvgIpc) is 2.38. The second-order valence-electron chi connectivity index (χ2n) is 4.16. The average molecular weight is 279 g/mol. The van der Waals surface area contributed by atoms with E-state index < -0.39 is 36.7 Å². The number of hydrogen-bond acceptors (Lipinski definition) is 8. The topological polar surface area (TPSA) is 118 Å². The molecule has 1 aliphatic rings. The van der Waals surface area contributed by atoms with Crippen LogP contribution < -0.4 is 5.11 Å². The van der Waals surface area contributed by atoms with Crippen LogP contribution in [0.5, 0.6) is 0 Å². The van der Waals surface area contributed by atoms with Crippen LogP contribution in [0.1, 0.15) is 6.42 Å². The van der Waals surface area contributed by atoms with Crippen LogP contribution in [0.25, 0.3) is 0 Å². The number of hydrogen-bond donors (Lipinski definition) is 2. The van der Waals surface area contributed by atoms with E-state index in [1.165, 1.54) is 14.2 Å². The van der Waals surface area contributed by atoms with Crippen LogP contribution in [0.15, 0.2) is 0 Å². The molecule has 0 aliphatic carbocycles. The highest BCUT2D eigenvalue weighted by atomic mass is 16.7. The minimum Gasteiger partial charge on any atom is -0.550 e. The maximum Gasteiger partial charge on any atom is 0.186 e. The van der Waals surface area contributed by atoms with E-state index in [-0.39, 0.29) is 19.6 Å². The first-order valence-corrected chi connectivity index (χ1v) is 5.86. The highest BCUT2D eigenvalue weighted by molar-refractivity contribution is 5.64. The molecule has 1 saturated heterocycles. The minimum absolute atomic E-state index is 0.00935. The van der Waals surface area contributed by atoms with Crippen LogP contribution in [0.4, 0.5) is 0 Å². The van der Waals surface area contributed by atoms with Crippen molar-refractivity contribution in [1.29, 1.82) is 0 Å². The lowest BCUT2D eigenvalue weighted by molar-refractivity contribution is -0.308. The summed E-state index contributed by atoms with van der Waals surface area (Å²) < 4.78 is 20.5. The molecule has 112 valence electrons. The zero-order chi connectivity index (χ0) is 14.4. The molecule has 1 rings (SSSR count). The summed E-state index contributed by atoms with van der Waals surface area (Å²) in [6.45, 7) is -0.0235. The fraction of sp³-hybridized carbons (Fsp3) is 0.909. The van der Waals surface area contributed by atoms with Gasteiger partial charge in [0.25, 0.3) is 0 Å². The Bertz CT molecular complexity index is 284. The number of methoxy groups -OCH3 is 2. The zero-order valence-corrected chi connectivity index (χ0v) is 10.9. The standard InChI is InChI=1S/C11H20O8/c1-16-10-6(5-18-4-3-7(12)13)19-11(17-2)9(15)8(10)14/h6,8-11,14-15H,3-5H2,1-2H3,(H,12,13)/p-1. The Kier molecular flexibility index (Phi) is 6.63. The van der Waals surface area contributed by atoms with Gasteiger partial charge < -0.3 is 39.1 Å². The zero-order valence-electron chi connectivity index (χ0n) is 10.9. The van der Waals surface area contributed by atoms with Crippen molar-refractivity contribution in [3.05, 3.63) is 0 Å². The van der Waals surface area contributed by atoms with E-state index in [0.717, 1.165) is 0 Å². The van der Waals surface area contributed by atoms with E-state index in [2.05, 4.69) is 0 Å². The second kappa shape index (κ2) is 7.73. The number of carbonyl (C=O) groups excluding carboxylic acids is 1. The molecule has 0 bridgehead atoms. The van der Waals surface area contributed by atoms with Crippen LogP contribution in [0.3, 0.4) is 0 Å². The first-order valence-electron chi connectivity index (χ1n) is 5.86. The van der Waals surface area contributed by atoms with Gasteiger partial charge in [0.05, 0.1) is 13.2 Å². The number of carboxylic acid groups (broad SMARTS) is 1. The third-order valence-corrected chi connectivity index (χ3v) is 2.88. The molecule has 0 saturated carbocycles. The largest absolute Gasteiger partial charge is 0.550 e. The minimum atomic E-state index is -1.23. The van der Waals surface area contributed by atoms with Gasteiger partial charge in [0.2, 0.25) is 0 Å². The van der Waals surface area contributed by atoms with E-state index >= 15 is 0 Å². The Hall–Kier alpha value is -0.770. The van der Waals surface area contributed by atoms with E-state index in [9.17, 15) is 20.1 Å². The Morgan fingerprint density at radius 1 is 1.26 bits per heavy atom. The normalized spacial score (nSPS) is 35.3. The molecule has 1 fully saturated rings. The molecule has 0 aromatic rings. The van der Waals surface area contributed by atoms with Gasteiger partial charge in [0, 0.05) is 26.6 Å². The van der Waals surface area contributed by atoms with Gasteiger partial charge in [-0.15, -0.1) is 0 Å². The summed E-state index contributed by atoms with van der Waals surface area (Å²) in [6, 6.07) is 0. The van der Waals surface area contributed by atoms with Gasteiger partial charge in [-0.3, -0.25) is 0 Å². The molecule has 8 nitrogen and oxygen atoms in total. The molecular formula is C11H19O8-. The second-order valence-corrected chi connectivity index (χ2v) is 4.16. The van der Waals surface area contributed by atoms with Crippen molar-refractivity contribution >= 4 is 5.97 Å². The molecule has 8 heteroatoms. The molecule has 1 heterocycles. The SMILES string of the molecule is COC1OC(COCCC(=O)[O-])C(OC)C(O)C1O. The van der Waals surface area contributed by atoms with Crippen molar-refractivity contribution in [2.75, 3.05) is 27.4 Å². The van der Waals surface area contributed by atoms with Crippen molar-refractivity contribution in [2.24, 2.45) is 0 Å². The molecule has 0 amide bonds. The van der Waals surface area contributed by atoms with Crippen LogP contribution in [0.2, 0.25) is 0 Å². The lowest BCUT2D eigenvalue weighted by Gasteiger charge is -2.41. The van der Waals surface area contributed by atoms with Crippen molar-refractivity contribution in [3.63, 3.8) is 0 Å². The fourth-order valence-electron chi connectivity index (χ4n) is 1.88. The number of aliphatic carboxylic acids is 1. The molecule has 0 aromatic heterocycles. The highest BCUT2D eigenvalue weighted by Crippen LogP contribution is 2.23. The van der Waals surface area contributed by atoms with E-state index in [1.807, 2.05) is 0 Å². The highest BCUT2D eigenvalue weighted by Gasteiger charge is 2.45. The monoisotopic (exact) mass is 279 g/mol. The van der Waals surface area contributed by atoms with Crippen molar-refractivity contribution in [2.45, 2.75) is 37.1 Å². The fourth-order valence-corrected chi connectivity index (χ4v) is 1.88. The van der Waals surface area contributed by atoms with Crippen LogP contribution >= 0.6 is 0 Å². The summed E-state index contributed by atoms with van der Waals surface area (Å²) in [6.07, 6.45) is -5.09. The maximum atomic E-state index is 10.2. The number of rotatable bonds is 7. The summed E-state index contributed by atoms with van der Waals surface area (Å²) in [4.78, 5) is 10.2. The summed E-state index contributed by atoms with van der Waals surface area (Å²) in [5.41, 5.74) is 0. The first kappa shape index (κ1) is 16.3. The van der Waals surface area contributed by atoms with Crippen LogP contribution in [-0.4, -0.2) is 74.3 Å². The third kappa shape index (κ3) is 4.37. The number of carboxylic acids is 1. The number of carbonyl (C=O) groups is 1. The van der Waals surface area contributed by atoms with Crippen molar-refractivity contribution in [3.8, 4) is 0 Å².